The van der Waals surface area contributed by atoms with E-state index in [0.717, 1.165) is 43.4 Å². The standard InChI is InChI=1S/C4H6O4.4C4H9.2Sn.2H/c5-3(6)1-2-4(7)8;4*1-3-4-2;;;;/h1-2H2,(H,5,6)(H,7,8);4*1,3-4H2,2H3;;;;/q;;;;;2*+1;;/p-2. The van der Waals surface area contributed by atoms with Gasteiger partial charge >= 0.3 is 178 Å². The molecule has 0 amide bonds. The van der Waals surface area contributed by atoms with Gasteiger partial charge in [0.2, 0.25) is 0 Å². The van der Waals surface area contributed by atoms with Gasteiger partial charge in [-0.1, -0.05) is 0 Å². The van der Waals surface area contributed by atoms with E-state index in [1.165, 1.54) is 25.7 Å². The van der Waals surface area contributed by atoms with Crippen molar-refractivity contribution in [3.63, 3.8) is 0 Å². The van der Waals surface area contributed by atoms with Gasteiger partial charge in [0.15, 0.2) is 0 Å². The summed E-state index contributed by atoms with van der Waals surface area (Å²) in [6.45, 7) is 8.72. The number of carbonyl (C=O) groups is 2. The maximum atomic E-state index is 12.2. The number of rotatable bonds is 17. The average Bonchev–Trinajstić information content (AvgIpc) is 2.64. The fourth-order valence-electron chi connectivity index (χ4n) is 2.95. The molecule has 0 aromatic carbocycles. The van der Waals surface area contributed by atoms with Crippen molar-refractivity contribution < 1.29 is 15.7 Å². The van der Waals surface area contributed by atoms with Crippen LogP contribution in [0.3, 0.4) is 0 Å². The number of hydrogen-bond donors (Lipinski definition) is 0. The van der Waals surface area contributed by atoms with Crippen molar-refractivity contribution in [2.45, 2.75) is 110 Å². The summed E-state index contributed by atoms with van der Waals surface area (Å²) in [7, 11) is 0. The Labute approximate surface area is 176 Å². The molecule has 0 rings (SSSR count). The van der Waals surface area contributed by atoms with Crippen LogP contribution in [-0.2, 0) is 15.7 Å². The van der Waals surface area contributed by atoms with Crippen molar-refractivity contribution in [2.24, 2.45) is 0 Å². The molecule has 0 saturated carbocycles. The van der Waals surface area contributed by atoms with Crippen molar-refractivity contribution >= 4 is 52.3 Å². The van der Waals surface area contributed by atoms with Crippen LogP contribution in [0.1, 0.15) is 91.9 Å². The monoisotopic (exact) mass is 586 g/mol. The third-order valence-corrected chi connectivity index (χ3v) is 20.1. The summed E-state index contributed by atoms with van der Waals surface area (Å²) >= 11 is -4.36. The van der Waals surface area contributed by atoms with Crippen molar-refractivity contribution in [3.8, 4) is 0 Å². The summed E-state index contributed by atoms with van der Waals surface area (Å²) in [5, 5.41) is 0. The van der Waals surface area contributed by atoms with Crippen LogP contribution in [0.15, 0.2) is 0 Å². The molecule has 0 fully saturated rings. The summed E-state index contributed by atoms with van der Waals surface area (Å²) in [5.41, 5.74) is 0. The zero-order valence-electron chi connectivity index (χ0n) is 17.7. The predicted molar refractivity (Wildman–Crippen MR) is 115 cm³/mol. The van der Waals surface area contributed by atoms with Gasteiger partial charge in [0.25, 0.3) is 0 Å². The molecule has 0 saturated heterocycles. The second-order valence-electron chi connectivity index (χ2n) is 7.29. The van der Waals surface area contributed by atoms with Gasteiger partial charge in [-0.15, -0.1) is 0 Å². The van der Waals surface area contributed by atoms with Crippen molar-refractivity contribution in [1.29, 1.82) is 0 Å². The van der Waals surface area contributed by atoms with Gasteiger partial charge in [0, 0.05) is 0 Å². The van der Waals surface area contributed by atoms with Crippen LogP contribution >= 0.6 is 0 Å². The van der Waals surface area contributed by atoms with E-state index in [9.17, 15) is 9.59 Å². The molecule has 0 radical (unpaired) electrons. The summed E-state index contributed by atoms with van der Waals surface area (Å²) in [5.74, 6) is -0.298. The maximum absolute atomic E-state index is 12.2. The second-order valence-corrected chi connectivity index (χ2v) is 22.3. The predicted octanol–water partition coefficient (Wildman–Crippen LogP) is 5.50. The average molecular weight is 584 g/mol. The van der Waals surface area contributed by atoms with Crippen LogP contribution in [0.5, 0.6) is 0 Å². The topological polar surface area (TPSA) is 52.6 Å². The third-order valence-electron chi connectivity index (χ3n) is 4.65. The molecule has 0 aromatic rings. The summed E-state index contributed by atoms with van der Waals surface area (Å²) in [4.78, 5) is 24.3. The molecule has 26 heavy (non-hydrogen) atoms. The van der Waals surface area contributed by atoms with Crippen LogP contribution in [-0.4, -0.2) is 52.3 Å². The van der Waals surface area contributed by atoms with Crippen LogP contribution in [0, 0.1) is 0 Å². The van der Waals surface area contributed by atoms with Crippen molar-refractivity contribution in [2.75, 3.05) is 0 Å². The van der Waals surface area contributed by atoms with E-state index in [1.54, 1.807) is 0 Å². The molecule has 154 valence electrons. The first-order valence-corrected chi connectivity index (χ1v) is 23.0. The SMILES string of the molecule is CCC[CH2][SnH]([CH2]CCC)[O]C(=O)CCC(=O)[O][SnH]([CH2]CCC)[CH2]CCC. The van der Waals surface area contributed by atoms with E-state index in [0.29, 0.717) is 0 Å². The minimum atomic E-state index is -2.18. The van der Waals surface area contributed by atoms with Gasteiger partial charge in [0.05, 0.1) is 0 Å². The van der Waals surface area contributed by atoms with E-state index in [4.69, 9.17) is 6.15 Å². The van der Waals surface area contributed by atoms with Crippen LogP contribution in [0.25, 0.3) is 0 Å². The molecule has 0 unspecified atom stereocenters. The first-order valence-electron chi connectivity index (χ1n) is 11.0. The van der Waals surface area contributed by atoms with E-state index < -0.39 is 40.3 Å². The number of unbranched alkanes of at least 4 members (excludes halogenated alkanes) is 4. The van der Waals surface area contributed by atoms with Gasteiger partial charge in [0.1, 0.15) is 0 Å². The minimum absolute atomic E-state index is 0.149. The van der Waals surface area contributed by atoms with E-state index in [2.05, 4.69) is 27.7 Å². The quantitative estimate of drug-likeness (QED) is 0.212. The molecule has 0 aromatic heterocycles. The summed E-state index contributed by atoms with van der Waals surface area (Å²) < 4.78 is 16.2. The molecule has 0 atom stereocenters. The Bertz CT molecular complexity index is 314. The first kappa shape index (κ1) is 26.5. The first-order chi connectivity index (χ1) is 12.6. The van der Waals surface area contributed by atoms with Crippen LogP contribution < -0.4 is 0 Å². The fourth-order valence-corrected chi connectivity index (χ4v) is 18.6. The molecule has 0 aliphatic heterocycles. The Balaban J connectivity index is 4.23. The molecule has 0 heterocycles. The summed E-state index contributed by atoms with van der Waals surface area (Å²) in [6, 6.07) is 0. The molecule has 0 spiro atoms. The normalized spacial score (nSPS) is 11.2. The van der Waals surface area contributed by atoms with Crippen molar-refractivity contribution in [3.05, 3.63) is 0 Å². The molecule has 4 nitrogen and oxygen atoms in total. The molecular formula is C20H42O4Sn2. The molecule has 0 aliphatic rings. The Morgan fingerprint density at radius 2 is 0.846 bits per heavy atom. The Morgan fingerprint density at radius 3 is 1.08 bits per heavy atom. The van der Waals surface area contributed by atoms with E-state index in [-0.39, 0.29) is 24.8 Å². The molecule has 0 aliphatic carbocycles. The summed E-state index contributed by atoms with van der Waals surface area (Å²) in [6.07, 6.45) is 9.75. The Hall–Kier alpha value is 0.537. The zero-order valence-corrected chi connectivity index (χ0v) is 24.3. The van der Waals surface area contributed by atoms with Gasteiger partial charge in [-0.2, -0.15) is 0 Å². The molecular weight excluding hydrogens is 542 g/mol. The Kier molecular flexibility index (Phi) is 19.3. The Morgan fingerprint density at radius 1 is 0.577 bits per heavy atom. The molecule has 0 bridgehead atoms. The molecule has 6 heteroatoms. The zero-order chi connectivity index (χ0) is 19.6. The third kappa shape index (κ3) is 15.6. The number of hydrogen-bond acceptors (Lipinski definition) is 4. The van der Waals surface area contributed by atoms with E-state index in [1.807, 2.05) is 0 Å². The van der Waals surface area contributed by atoms with E-state index >= 15 is 0 Å². The molecule has 0 N–H and O–H groups in total. The van der Waals surface area contributed by atoms with Crippen LogP contribution in [0.4, 0.5) is 0 Å². The van der Waals surface area contributed by atoms with Gasteiger partial charge in [-0.05, 0) is 0 Å². The van der Waals surface area contributed by atoms with Crippen molar-refractivity contribution in [1.82, 2.24) is 0 Å². The van der Waals surface area contributed by atoms with Gasteiger partial charge in [-0.3, -0.25) is 0 Å². The van der Waals surface area contributed by atoms with Gasteiger partial charge in [-0.25, -0.2) is 0 Å². The fraction of sp³-hybridized carbons (Fsp3) is 0.900. The second kappa shape index (κ2) is 18.9. The van der Waals surface area contributed by atoms with Crippen LogP contribution in [0.2, 0.25) is 17.7 Å². The number of carbonyl (C=O) groups excluding carboxylic acids is 2. The van der Waals surface area contributed by atoms with Gasteiger partial charge < -0.3 is 0 Å².